The minimum absolute atomic E-state index is 0.253. The third kappa shape index (κ3) is 4.37. The van der Waals surface area contributed by atoms with Crippen LogP contribution in [0.1, 0.15) is 46.6 Å². The summed E-state index contributed by atoms with van der Waals surface area (Å²) in [5, 5.41) is 3.01. The molecule has 0 bridgehead atoms. The van der Waals surface area contributed by atoms with Gasteiger partial charge in [-0.3, -0.25) is 9.69 Å². The average Bonchev–Trinajstić information content (AvgIpc) is 3.06. The van der Waals surface area contributed by atoms with Crippen molar-refractivity contribution in [2.24, 2.45) is 0 Å². The number of nitrogens with two attached hydrogens (primary N) is 1. The molecule has 140 valence electrons. The van der Waals surface area contributed by atoms with Crippen LogP contribution in [0.3, 0.4) is 0 Å². The Kier molecular flexibility index (Phi) is 5.50. The first kappa shape index (κ1) is 18.1. The van der Waals surface area contributed by atoms with Crippen LogP contribution in [-0.2, 0) is 13.0 Å². The zero-order valence-corrected chi connectivity index (χ0v) is 16.3. The molecule has 0 atom stereocenters. The van der Waals surface area contributed by atoms with E-state index >= 15 is 0 Å². The first-order chi connectivity index (χ1) is 13.2. The van der Waals surface area contributed by atoms with E-state index in [1.54, 1.807) is 11.3 Å². The molecule has 0 unspecified atom stereocenters. The molecule has 2 heterocycles. The van der Waals surface area contributed by atoms with Gasteiger partial charge in [0.15, 0.2) is 10.9 Å². The molecule has 1 aromatic heterocycles. The van der Waals surface area contributed by atoms with Crippen molar-refractivity contribution < 1.29 is 4.79 Å². The van der Waals surface area contributed by atoms with E-state index in [9.17, 15) is 4.79 Å². The number of ketones is 1. The smallest absolute Gasteiger partial charge is 0.180 e. The number of thiazole rings is 1. The molecule has 3 aromatic rings. The number of anilines is 1. The maximum absolute atomic E-state index is 12.5. The molecule has 2 aromatic carbocycles. The lowest BCUT2D eigenvalue weighted by Gasteiger charge is -2.25. The van der Waals surface area contributed by atoms with E-state index < -0.39 is 0 Å². The zero-order valence-electron chi connectivity index (χ0n) is 15.5. The molecule has 0 saturated heterocycles. The maximum atomic E-state index is 12.5. The number of Topliss-reactive ketones (excluding diaryl/α,β-unsaturated/α-hetero) is 1. The number of carbonyl (C=O) groups excluding carboxylic acids is 1. The Bertz CT molecular complexity index is 950. The molecule has 0 spiro atoms. The summed E-state index contributed by atoms with van der Waals surface area (Å²) in [7, 11) is 0. The summed E-state index contributed by atoms with van der Waals surface area (Å²) < 4.78 is 0. The molecule has 1 aliphatic rings. The highest BCUT2D eigenvalue weighted by Gasteiger charge is 2.19. The van der Waals surface area contributed by atoms with Crippen LogP contribution in [0, 0.1) is 0 Å². The van der Waals surface area contributed by atoms with Gasteiger partial charge in [-0.15, -0.1) is 11.3 Å². The highest BCUT2D eigenvalue weighted by atomic mass is 32.1. The second-order valence-electron chi connectivity index (χ2n) is 7.24. The summed E-state index contributed by atoms with van der Waals surface area (Å²) in [4.78, 5) is 20.7. The number of nitrogens with zero attached hydrogens (tertiary/aromatic N) is 2. The van der Waals surface area contributed by atoms with Gasteiger partial charge >= 0.3 is 0 Å². The molecule has 4 rings (SSSR count). The first-order valence-corrected chi connectivity index (χ1v) is 10.5. The molecule has 0 fully saturated rings. The lowest BCUT2D eigenvalue weighted by Crippen LogP contribution is -2.30. The lowest BCUT2D eigenvalue weighted by molar-refractivity contribution is 0.0979. The zero-order chi connectivity index (χ0) is 18.6. The Morgan fingerprint density at radius 1 is 1.11 bits per heavy atom. The summed E-state index contributed by atoms with van der Waals surface area (Å²) >= 11 is 1.62. The molecule has 4 nitrogen and oxygen atoms in total. The van der Waals surface area contributed by atoms with E-state index in [0.29, 0.717) is 11.6 Å². The van der Waals surface area contributed by atoms with Crippen LogP contribution < -0.4 is 5.73 Å². The average molecular weight is 380 g/mol. The maximum Gasteiger partial charge on any atom is 0.180 e. The molecule has 0 saturated carbocycles. The van der Waals surface area contributed by atoms with E-state index in [1.165, 1.54) is 16.0 Å². The SMILES string of the molecule is Nc1nc2c(s1)CN(CCCCCC(=O)c1ccc3ccccc3c1)CC2. The van der Waals surface area contributed by atoms with Crippen molar-refractivity contribution in [3.63, 3.8) is 0 Å². The summed E-state index contributed by atoms with van der Waals surface area (Å²) in [6.45, 7) is 3.12. The van der Waals surface area contributed by atoms with Gasteiger partial charge in [-0.1, -0.05) is 42.8 Å². The monoisotopic (exact) mass is 379 g/mol. The van der Waals surface area contributed by atoms with Crippen molar-refractivity contribution >= 4 is 33.0 Å². The van der Waals surface area contributed by atoms with Crippen molar-refractivity contribution in [3.8, 4) is 0 Å². The highest BCUT2D eigenvalue weighted by molar-refractivity contribution is 7.15. The molecule has 1 aliphatic heterocycles. The standard InChI is InChI=1S/C22H25N3OS/c23-22-24-19-11-13-25(15-21(19)27-22)12-5-1-2-8-20(26)18-10-9-16-6-3-4-7-17(16)14-18/h3-4,6-7,9-10,14H,1-2,5,8,11-13,15H2,(H2,23,24). The summed E-state index contributed by atoms with van der Waals surface area (Å²) in [5.41, 5.74) is 7.83. The molecular formula is C22H25N3OS. The predicted octanol–water partition coefficient (Wildman–Crippen LogP) is 4.68. The van der Waals surface area contributed by atoms with Crippen LogP contribution in [0.5, 0.6) is 0 Å². The van der Waals surface area contributed by atoms with Crippen LogP contribution in [0.4, 0.5) is 5.13 Å². The van der Waals surface area contributed by atoms with E-state index in [1.807, 2.05) is 30.3 Å². The summed E-state index contributed by atoms with van der Waals surface area (Å²) in [6, 6.07) is 14.2. The molecule has 0 radical (unpaired) electrons. The number of rotatable bonds is 7. The number of benzene rings is 2. The number of unbranched alkanes of at least 4 members (excludes halogenated alkanes) is 2. The van der Waals surface area contributed by atoms with Crippen LogP contribution in [0.2, 0.25) is 0 Å². The second kappa shape index (κ2) is 8.19. The van der Waals surface area contributed by atoms with Gasteiger partial charge in [0.25, 0.3) is 0 Å². The van der Waals surface area contributed by atoms with Gasteiger partial charge in [-0.2, -0.15) is 0 Å². The second-order valence-corrected chi connectivity index (χ2v) is 8.36. The summed E-state index contributed by atoms with van der Waals surface area (Å²) in [6.07, 6.45) is 4.82. The van der Waals surface area contributed by atoms with Crippen molar-refractivity contribution in [2.45, 2.75) is 38.6 Å². The van der Waals surface area contributed by atoms with Crippen molar-refractivity contribution in [1.29, 1.82) is 0 Å². The highest BCUT2D eigenvalue weighted by Crippen LogP contribution is 2.26. The van der Waals surface area contributed by atoms with E-state index in [2.05, 4.69) is 22.0 Å². The van der Waals surface area contributed by atoms with Gasteiger partial charge in [-0.05, 0) is 36.2 Å². The Hall–Kier alpha value is -2.24. The Morgan fingerprint density at radius 2 is 1.96 bits per heavy atom. The fourth-order valence-electron chi connectivity index (χ4n) is 3.76. The normalized spacial score (nSPS) is 14.4. The van der Waals surface area contributed by atoms with Crippen molar-refractivity contribution in [1.82, 2.24) is 9.88 Å². The number of hydrogen-bond acceptors (Lipinski definition) is 5. The van der Waals surface area contributed by atoms with Crippen LogP contribution in [0.15, 0.2) is 42.5 Å². The topological polar surface area (TPSA) is 59.2 Å². The number of nitrogen functional groups attached to an aromatic ring is 1. The third-order valence-electron chi connectivity index (χ3n) is 5.28. The number of aromatic nitrogens is 1. The van der Waals surface area contributed by atoms with E-state index in [0.717, 1.165) is 56.3 Å². The molecule has 27 heavy (non-hydrogen) atoms. The lowest BCUT2D eigenvalue weighted by atomic mass is 10.0. The molecule has 0 amide bonds. The van der Waals surface area contributed by atoms with Gasteiger partial charge in [0.05, 0.1) is 5.69 Å². The summed E-state index contributed by atoms with van der Waals surface area (Å²) in [5.74, 6) is 0.253. The Balaban J connectivity index is 1.20. The minimum Gasteiger partial charge on any atom is -0.375 e. The number of carbonyl (C=O) groups is 1. The van der Waals surface area contributed by atoms with E-state index in [4.69, 9.17) is 5.73 Å². The minimum atomic E-state index is 0.253. The van der Waals surface area contributed by atoms with Gasteiger partial charge < -0.3 is 5.73 Å². The first-order valence-electron chi connectivity index (χ1n) is 9.67. The van der Waals surface area contributed by atoms with Gasteiger partial charge in [0.2, 0.25) is 0 Å². The fraction of sp³-hybridized carbons (Fsp3) is 0.364. The van der Waals surface area contributed by atoms with E-state index in [-0.39, 0.29) is 5.78 Å². The Labute approximate surface area is 164 Å². The molecule has 5 heteroatoms. The fourth-order valence-corrected chi connectivity index (χ4v) is 4.68. The van der Waals surface area contributed by atoms with Crippen LogP contribution >= 0.6 is 11.3 Å². The largest absolute Gasteiger partial charge is 0.375 e. The van der Waals surface area contributed by atoms with Crippen molar-refractivity contribution in [2.75, 3.05) is 18.8 Å². The van der Waals surface area contributed by atoms with Gasteiger partial charge in [-0.25, -0.2) is 4.98 Å². The van der Waals surface area contributed by atoms with Crippen molar-refractivity contribution in [3.05, 3.63) is 58.6 Å². The molecular weight excluding hydrogens is 354 g/mol. The molecule has 0 aliphatic carbocycles. The van der Waals surface area contributed by atoms with Crippen LogP contribution in [-0.4, -0.2) is 28.8 Å². The van der Waals surface area contributed by atoms with Gasteiger partial charge in [0.1, 0.15) is 0 Å². The Morgan fingerprint density at radius 3 is 2.85 bits per heavy atom. The molecule has 2 N–H and O–H groups in total. The number of hydrogen-bond donors (Lipinski definition) is 1. The quantitative estimate of drug-likeness (QED) is 0.478. The number of fused-ring (bicyclic) bond motifs is 2. The van der Waals surface area contributed by atoms with Gasteiger partial charge in [0, 0.05) is 36.4 Å². The predicted molar refractivity (Wildman–Crippen MR) is 112 cm³/mol. The third-order valence-corrected chi connectivity index (χ3v) is 6.19. The van der Waals surface area contributed by atoms with Crippen LogP contribution in [0.25, 0.3) is 10.8 Å².